The molecule has 2 heterocycles. The van der Waals surface area contributed by atoms with Gasteiger partial charge in [-0.2, -0.15) is 0 Å². The molecular formula is C63H42N2S. The lowest BCUT2D eigenvalue weighted by atomic mass is 9.67. The summed E-state index contributed by atoms with van der Waals surface area (Å²) in [4.78, 5) is 3.66. The number of benzene rings is 10. The summed E-state index contributed by atoms with van der Waals surface area (Å²) in [6, 6.07) is 93.7. The van der Waals surface area contributed by atoms with Crippen LogP contribution in [-0.4, -0.2) is 4.57 Å². The Bertz CT molecular complexity index is 3720. The molecule has 0 N–H and O–H groups in total. The molecule has 3 heteroatoms. The van der Waals surface area contributed by atoms with E-state index in [2.05, 4.69) is 264 Å². The Morgan fingerprint density at radius 2 is 0.955 bits per heavy atom. The fourth-order valence-electron chi connectivity index (χ4n) is 10.9. The normalized spacial score (nSPS) is 12.7. The molecule has 0 atom stereocenters. The summed E-state index contributed by atoms with van der Waals surface area (Å²) in [7, 11) is 0. The summed E-state index contributed by atoms with van der Waals surface area (Å²) in [5.74, 6) is 0. The second-order valence-electron chi connectivity index (χ2n) is 17.2. The number of hydrogen-bond donors (Lipinski definition) is 0. The minimum absolute atomic E-state index is 0.479. The van der Waals surface area contributed by atoms with E-state index in [0.29, 0.717) is 0 Å². The number of nitrogens with zero attached hydrogens (tertiary/aromatic N) is 2. The Balaban J connectivity index is 0.974. The highest BCUT2D eigenvalue weighted by molar-refractivity contribution is 7.19. The van der Waals surface area contributed by atoms with Crippen LogP contribution in [0.15, 0.2) is 255 Å². The number of anilines is 3. The summed E-state index contributed by atoms with van der Waals surface area (Å²) in [5.41, 5.74) is 16.7. The monoisotopic (exact) mass is 858 g/mol. The van der Waals surface area contributed by atoms with Gasteiger partial charge in [0.2, 0.25) is 0 Å². The van der Waals surface area contributed by atoms with E-state index in [4.69, 9.17) is 0 Å². The molecule has 0 aliphatic heterocycles. The third kappa shape index (κ3) is 5.87. The Morgan fingerprint density at radius 1 is 0.364 bits per heavy atom. The first-order valence-corrected chi connectivity index (χ1v) is 23.5. The molecule has 13 rings (SSSR count). The van der Waals surface area contributed by atoms with Crippen LogP contribution in [0.4, 0.5) is 16.4 Å². The molecule has 1 aliphatic carbocycles. The Hall–Kier alpha value is -8.24. The Kier molecular flexibility index (Phi) is 8.97. The van der Waals surface area contributed by atoms with Gasteiger partial charge in [0.15, 0.2) is 0 Å². The average molecular weight is 859 g/mol. The highest BCUT2D eigenvalue weighted by Gasteiger charge is 2.46. The van der Waals surface area contributed by atoms with E-state index < -0.39 is 5.41 Å². The SMILES string of the molecule is c1ccc(-c2ccc(N(c3ccccc3)c3ccc(-c4ccc5c(c4)c4ccccc4n5-c4ccc5c(c4)C(c4ccccc4)(c4ccccc4)c4ccccc4-5)c4ccccc34)s2)cc1. The molecule has 2 aromatic heterocycles. The van der Waals surface area contributed by atoms with Crippen molar-refractivity contribution in [1.29, 1.82) is 0 Å². The lowest BCUT2D eigenvalue weighted by Crippen LogP contribution is -2.28. The molecule has 0 unspecified atom stereocenters. The standard InChI is InChI=1S/C63H42N2S/c1-5-19-43(20-6-1)61-39-40-62(66-61)65(47-25-11-4-12-26-47)59-38-36-49(50-27-13-14-29-53(50)59)44-33-37-60-55(41-44)54-30-16-18-32-58(54)64(60)48-34-35-52-51-28-15-17-31-56(51)63(57(52)42-48,45-21-7-2-8-22-45)46-23-9-3-10-24-46/h1-42H. The molecule has 310 valence electrons. The minimum atomic E-state index is -0.479. The maximum absolute atomic E-state index is 2.47. The predicted octanol–water partition coefficient (Wildman–Crippen LogP) is 17.2. The molecule has 0 saturated heterocycles. The average Bonchev–Trinajstić information content (AvgIpc) is 4.09. The molecule has 2 nitrogen and oxygen atoms in total. The van der Waals surface area contributed by atoms with Crippen molar-refractivity contribution < 1.29 is 0 Å². The fourth-order valence-corrected chi connectivity index (χ4v) is 11.9. The molecule has 0 saturated carbocycles. The van der Waals surface area contributed by atoms with Crippen molar-refractivity contribution in [2.45, 2.75) is 5.41 Å². The first kappa shape index (κ1) is 38.2. The van der Waals surface area contributed by atoms with Gasteiger partial charge in [-0.15, -0.1) is 11.3 Å². The van der Waals surface area contributed by atoms with Gasteiger partial charge in [-0.3, -0.25) is 0 Å². The topological polar surface area (TPSA) is 8.17 Å². The van der Waals surface area contributed by atoms with Gasteiger partial charge in [0.1, 0.15) is 5.00 Å². The van der Waals surface area contributed by atoms with Gasteiger partial charge in [0.05, 0.1) is 22.1 Å². The second-order valence-corrected chi connectivity index (χ2v) is 18.3. The van der Waals surface area contributed by atoms with Crippen LogP contribution in [0.1, 0.15) is 22.3 Å². The van der Waals surface area contributed by atoms with E-state index in [9.17, 15) is 0 Å². The molecule has 12 aromatic rings. The van der Waals surface area contributed by atoms with Crippen LogP contribution in [0.25, 0.3) is 71.0 Å². The smallest absolute Gasteiger partial charge is 0.101 e. The number of fused-ring (bicyclic) bond motifs is 7. The number of thiophene rings is 1. The van der Waals surface area contributed by atoms with Gasteiger partial charge in [0, 0.05) is 32.4 Å². The second kappa shape index (κ2) is 15.5. The third-order valence-corrected chi connectivity index (χ3v) is 14.8. The highest BCUT2D eigenvalue weighted by atomic mass is 32.1. The zero-order chi connectivity index (χ0) is 43.6. The van der Waals surface area contributed by atoms with E-state index in [1.165, 1.54) is 92.5 Å². The number of aromatic nitrogens is 1. The van der Waals surface area contributed by atoms with Crippen LogP contribution < -0.4 is 4.90 Å². The first-order valence-electron chi connectivity index (χ1n) is 22.7. The zero-order valence-electron chi connectivity index (χ0n) is 36.1. The van der Waals surface area contributed by atoms with Crippen LogP contribution in [-0.2, 0) is 5.41 Å². The van der Waals surface area contributed by atoms with Gasteiger partial charge in [-0.05, 0) is 116 Å². The van der Waals surface area contributed by atoms with Crippen molar-refractivity contribution in [3.05, 3.63) is 277 Å². The summed E-state index contributed by atoms with van der Waals surface area (Å²) < 4.78 is 2.47. The van der Waals surface area contributed by atoms with Crippen molar-refractivity contribution in [3.8, 4) is 38.4 Å². The van der Waals surface area contributed by atoms with Gasteiger partial charge >= 0.3 is 0 Å². The van der Waals surface area contributed by atoms with Crippen LogP contribution >= 0.6 is 11.3 Å². The first-order chi connectivity index (χ1) is 32.8. The van der Waals surface area contributed by atoms with Crippen molar-refractivity contribution in [3.63, 3.8) is 0 Å². The van der Waals surface area contributed by atoms with E-state index in [1.807, 2.05) is 11.3 Å². The largest absolute Gasteiger partial charge is 0.309 e. The summed E-state index contributed by atoms with van der Waals surface area (Å²) >= 11 is 1.82. The number of rotatable bonds is 8. The van der Waals surface area contributed by atoms with Crippen LogP contribution in [0.2, 0.25) is 0 Å². The van der Waals surface area contributed by atoms with Crippen molar-refractivity contribution in [1.82, 2.24) is 4.57 Å². The molecule has 66 heavy (non-hydrogen) atoms. The van der Waals surface area contributed by atoms with Gasteiger partial charge in [0.25, 0.3) is 0 Å². The van der Waals surface area contributed by atoms with E-state index >= 15 is 0 Å². The van der Waals surface area contributed by atoms with Gasteiger partial charge in [-0.1, -0.05) is 194 Å². The predicted molar refractivity (Wildman–Crippen MR) is 279 cm³/mol. The quantitative estimate of drug-likeness (QED) is 0.148. The lowest BCUT2D eigenvalue weighted by Gasteiger charge is -2.34. The zero-order valence-corrected chi connectivity index (χ0v) is 36.9. The maximum atomic E-state index is 2.47. The molecular weight excluding hydrogens is 817 g/mol. The Morgan fingerprint density at radius 3 is 1.71 bits per heavy atom. The molecule has 0 fully saturated rings. The van der Waals surface area contributed by atoms with Gasteiger partial charge in [-0.25, -0.2) is 0 Å². The fraction of sp³-hybridized carbons (Fsp3) is 0.0159. The van der Waals surface area contributed by atoms with Gasteiger partial charge < -0.3 is 9.47 Å². The van der Waals surface area contributed by atoms with E-state index in [-0.39, 0.29) is 0 Å². The van der Waals surface area contributed by atoms with Crippen molar-refractivity contribution in [2.75, 3.05) is 4.90 Å². The maximum Gasteiger partial charge on any atom is 0.101 e. The molecule has 0 radical (unpaired) electrons. The van der Waals surface area contributed by atoms with E-state index in [0.717, 1.165) is 17.1 Å². The summed E-state index contributed by atoms with van der Waals surface area (Å²) in [6.07, 6.45) is 0. The van der Waals surface area contributed by atoms with Crippen LogP contribution in [0.5, 0.6) is 0 Å². The number of para-hydroxylation sites is 2. The van der Waals surface area contributed by atoms with E-state index in [1.54, 1.807) is 0 Å². The summed E-state index contributed by atoms with van der Waals surface area (Å²) in [6.45, 7) is 0. The molecule has 0 spiro atoms. The molecule has 10 aromatic carbocycles. The number of hydrogen-bond acceptors (Lipinski definition) is 2. The van der Waals surface area contributed by atoms with Crippen LogP contribution in [0.3, 0.4) is 0 Å². The molecule has 0 bridgehead atoms. The minimum Gasteiger partial charge on any atom is -0.309 e. The third-order valence-electron chi connectivity index (χ3n) is 13.7. The molecule has 1 aliphatic rings. The lowest BCUT2D eigenvalue weighted by molar-refractivity contribution is 0.767. The van der Waals surface area contributed by atoms with Crippen LogP contribution in [0, 0.1) is 0 Å². The van der Waals surface area contributed by atoms with Crippen molar-refractivity contribution >= 4 is 60.3 Å². The molecule has 0 amide bonds. The van der Waals surface area contributed by atoms with Crippen molar-refractivity contribution in [2.24, 2.45) is 0 Å². The highest BCUT2D eigenvalue weighted by Crippen LogP contribution is 2.57. The Labute approximate surface area is 388 Å². The summed E-state index contributed by atoms with van der Waals surface area (Å²) in [5, 5.41) is 6.06.